The second kappa shape index (κ2) is 4.81. The quantitative estimate of drug-likeness (QED) is 0.578. The van der Waals surface area contributed by atoms with Crippen molar-refractivity contribution in [1.82, 2.24) is 9.97 Å². The average molecular weight is 286 g/mol. The molecule has 4 aromatic rings. The summed E-state index contributed by atoms with van der Waals surface area (Å²) >= 11 is 0. The van der Waals surface area contributed by atoms with Crippen LogP contribution in [0, 0.1) is 0 Å². The molecule has 4 rings (SSSR count). The molecule has 0 saturated carbocycles. The first kappa shape index (κ1) is 12.8. The number of hydrogen-bond donors (Lipinski definition) is 1. The van der Waals surface area contributed by atoms with E-state index in [4.69, 9.17) is 9.97 Å². The van der Waals surface area contributed by atoms with Gasteiger partial charge in [-0.15, -0.1) is 0 Å². The van der Waals surface area contributed by atoms with Crippen molar-refractivity contribution in [2.75, 3.05) is 0 Å². The number of rotatable bonds is 1. The minimum Gasteiger partial charge on any atom is -0.512 e. The molecule has 106 valence electrons. The Bertz CT molecular complexity index is 1020. The van der Waals surface area contributed by atoms with Crippen molar-refractivity contribution in [2.24, 2.45) is 0 Å². The molecule has 0 unspecified atom stereocenters. The van der Waals surface area contributed by atoms with Crippen LogP contribution in [0.2, 0.25) is 0 Å². The number of benzene rings is 3. The first-order valence-electron chi connectivity index (χ1n) is 7.18. The predicted octanol–water partition coefficient (Wildman–Crippen LogP) is 3.86. The molecular formula is C19H14N2O. The van der Waals surface area contributed by atoms with Gasteiger partial charge in [-0.05, 0) is 30.5 Å². The van der Waals surface area contributed by atoms with Crippen LogP contribution in [0.4, 0.5) is 0 Å². The van der Waals surface area contributed by atoms with E-state index in [0.717, 1.165) is 38.4 Å². The van der Waals surface area contributed by atoms with Gasteiger partial charge in [0.15, 0.2) is 5.82 Å². The molecule has 0 amide bonds. The Hall–Kier alpha value is -2.94. The highest BCUT2D eigenvalue weighted by atomic mass is 16.3. The van der Waals surface area contributed by atoms with E-state index in [9.17, 15) is 5.11 Å². The van der Waals surface area contributed by atoms with Gasteiger partial charge in [0.1, 0.15) is 0 Å². The van der Waals surface area contributed by atoms with Crippen LogP contribution in [0.15, 0.2) is 60.7 Å². The van der Waals surface area contributed by atoms with E-state index in [1.54, 1.807) is 6.92 Å². The highest BCUT2D eigenvalue weighted by molar-refractivity contribution is 6.07. The summed E-state index contributed by atoms with van der Waals surface area (Å²) in [5.74, 6) is 1.03. The van der Waals surface area contributed by atoms with Gasteiger partial charge in [-0.25, -0.2) is 9.97 Å². The van der Waals surface area contributed by atoms with Gasteiger partial charge in [-0.2, -0.15) is 0 Å². The minimum atomic E-state index is 0.307. The van der Waals surface area contributed by atoms with Crippen molar-refractivity contribution in [3.8, 4) is 11.4 Å². The molecule has 0 fully saturated rings. The average Bonchev–Trinajstić information content (AvgIpc) is 2.56. The lowest BCUT2D eigenvalue weighted by Crippen LogP contribution is -2.07. The molecule has 3 heteroatoms. The van der Waals surface area contributed by atoms with E-state index in [1.165, 1.54) is 0 Å². The summed E-state index contributed by atoms with van der Waals surface area (Å²) in [5.41, 5.74) is 2.79. The maximum absolute atomic E-state index is 9.87. The monoisotopic (exact) mass is 286 g/mol. The molecule has 1 heterocycles. The second-order valence-corrected chi connectivity index (χ2v) is 5.33. The molecule has 0 bridgehead atoms. The van der Waals surface area contributed by atoms with Crippen LogP contribution in [-0.4, -0.2) is 15.1 Å². The van der Waals surface area contributed by atoms with Crippen LogP contribution in [0.5, 0.6) is 0 Å². The Balaban J connectivity index is 2.13. The summed E-state index contributed by atoms with van der Waals surface area (Å²) in [6.07, 6.45) is 0. The summed E-state index contributed by atoms with van der Waals surface area (Å²) in [4.78, 5) is 9.39. The van der Waals surface area contributed by atoms with E-state index in [1.807, 2.05) is 60.7 Å². The summed E-state index contributed by atoms with van der Waals surface area (Å²) in [6, 6.07) is 19.8. The Morgan fingerprint density at radius 1 is 0.818 bits per heavy atom. The molecule has 22 heavy (non-hydrogen) atoms. The van der Waals surface area contributed by atoms with Crippen LogP contribution < -0.4 is 5.22 Å². The summed E-state index contributed by atoms with van der Waals surface area (Å²) in [6.45, 7) is 1.70. The van der Waals surface area contributed by atoms with E-state index in [2.05, 4.69) is 0 Å². The fourth-order valence-electron chi connectivity index (χ4n) is 2.84. The zero-order valence-electron chi connectivity index (χ0n) is 12.1. The largest absolute Gasteiger partial charge is 0.512 e. The molecule has 1 N–H and O–H groups in total. The normalized spacial score (nSPS) is 12.8. The van der Waals surface area contributed by atoms with Crippen LogP contribution in [0.1, 0.15) is 6.92 Å². The lowest BCUT2D eigenvalue weighted by Gasteiger charge is -2.08. The lowest BCUT2D eigenvalue weighted by atomic mass is 10.0. The Morgan fingerprint density at radius 2 is 1.55 bits per heavy atom. The molecular weight excluding hydrogens is 272 g/mol. The molecule has 0 aliphatic carbocycles. The lowest BCUT2D eigenvalue weighted by molar-refractivity contribution is 0.499. The molecule has 0 radical (unpaired) electrons. The van der Waals surface area contributed by atoms with E-state index < -0.39 is 0 Å². The number of aliphatic hydroxyl groups is 1. The molecule has 3 aromatic carbocycles. The maximum atomic E-state index is 9.87. The van der Waals surface area contributed by atoms with Gasteiger partial charge in [-0.1, -0.05) is 42.5 Å². The van der Waals surface area contributed by atoms with E-state index >= 15 is 0 Å². The SMILES string of the molecule is C/C(O)=c1/ccc2nc(-c3ccccc3)nc3cccc1c32. The minimum absolute atomic E-state index is 0.307. The zero-order valence-corrected chi connectivity index (χ0v) is 12.1. The highest BCUT2D eigenvalue weighted by Gasteiger charge is 2.10. The van der Waals surface area contributed by atoms with Gasteiger partial charge < -0.3 is 5.11 Å². The smallest absolute Gasteiger partial charge is 0.160 e. The Kier molecular flexibility index (Phi) is 2.79. The molecule has 0 spiro atoms. The second-order valence-electron chi connectivity index (χ2n) is 5.33. The van der Waals surface area contributed by atoms with Gasteiger partial charge in [0, 0.05) is 16.2 Å². The van der Waals surface area contributed by atoms with Crippen molar-refractivity contribution in [2.45, 2.75) is 6.92 Å². The van der Waals surface area contributed by atoms with Gasteiger partial charge in [-0.3, -0.25) is 0 Å². The Morgan fingerprint density at radius 3 is 2.27 bits per heavy atom. The first-order valence-corrected chi connectivity index (χ1v) is 7.18. The highest BCUT2D eigenvalue weighted by Crippen LogP contribution is 2.25. The van der Waals surface area contributed by atoms with Crippen LogP contribution in [-0.2, 0) is 0 Å². The summed E-state index contributed by atoms with van der Waals surface area (Å²) in [5, 5.41) is 12.7. The Labute approximate surface area is 127 Å². The number of hydrogen-bond acceptors (Lipinski definition) is 3. The van der Waals surface area contributed by atoms with Crippen molar-refractivity contribution in [3.05, 3.63) is 65.9 Å². The number of nitrogens with zero attached hydrogens (tertiary/aromatic N) is 2. The molecule has 0 aliphatic rings. The van der Waals surface area contributed by atoms with E-state index in [-0.39, 0.29) is 0 Å². The van der Waals surface area contributed by atoms with Gasteiger partial charge in [0.2, 0.25) is 0 Å². The zero-order chi connectivity index (χ0) is 15.1. The van der Waals surface area contributed by atoms with Crippen molar-refractivity contribution >= 4 is 27.6 Å². The maximum Gasteiger partial charge on any atom is 0.160 e. The van der Waals surface area contributed by atoms with Crippen LogP contribution in [0.3, 0.4) is 0 Å². The van der Waals surface area contributed by atoms with Crippen molar-refractivity contribution in [3.63, 3.8) is 0 Å². The number of aliphatic hydroxyl groups excluding tert-OH is 1. The van der Waals surface area contributed by atoms with Crippen molar-refractivity contribution < 1.29 is 5.11 Å². The molecule has 0 aliphatic heterocycles. The fraction of sp³-hybridized carbons (Fsp3) is 0.0526. The number of aromatic nitrogens is 2. The molecule has 0 saturated heterocycles. The molecule has 0 atom stereocenters. The third kappa shape index (κ3) is 1.91. The van der Waals surface area contributed by atoms with Gasteiger partial charge >= 0.3 is 0 Å². The van der Waals surface area contributed by atoms with Gasteiger partial charge in [0.05, 0.1) is 16.8 Å². The van der Waals surface area contributed by atoms with Crippen molar-refractivity contribution in [1.29, 1.82) is 0 Å². The molecule has 3 nitrogen and oxygen atoms in total. The fourth-order valence-corrected chi connectivity index (χ4v) is 2.84. The third-order valence-electron chi connectivity index (χ3n) is 3.87. The predicted molar refractivity (Wildman–Crippen MR) is 89.4 cm³/mol. The topological polar surface area (TPSA) is 46.0 Å². The first-order chi connectivity index (χ1) is 10.7. The third-order valence-corrected chi connectivity index (χ3v) is 3.87. The summed E-state index contributed by atoms with van der Waals surface area (Å²) < 4.78 is 0. The van der Waals surface area contributed by atoms with Crippen LogP contribution >= 0.6 is 0 Å². The molecule has 1 aromatic heterocycles. The van der Waals surface area contributed by atoms with Crippen LogP contribution in [0.25, 0.3) is 39.0 Å². The standard InChI is InChI=1S/C19H14N2O/c1-12(22)14-10-11-17-18-15(14)8-5-9-16(18)20-19(21-17)13-6-3-2-4-7-13/h2-11,22H,1H3/b14-12+. The van der Waals surface area contributed by atoms with E-state index in [0.29, 0.717) is 5.76 Å². The summed E-state index contributed by atoms with van der Waals surface area (Å²) in [7, 11) is 0. The van der Waals surface area contributed by atoms with Gasteiger partial charge in [0.25, 0.3) is 0 Å².